The zero-order chi connectivity index (χ0) is 13.0. The maximum Gasteiger partial charge on any atom is 0.0784 e. The summed E-state index contributed by atoms with van der Waals surface area (Å²) in [5, 5.41) is 0. The van der Waals surface area contributed by atoms with E-state index in [0.29, 0.717) is 12.1 Å². The Labute approximate surface area is 110 Å². The molecular formula is C14H24N4. The van der Waals surface area contributed by atoms with Crippen LogP contribution in [0.3, 0.4) is 0 Å². The molecule has 2 N–H and O–H groups in total. The van der Waals surface area contributed by atoms with Gasteiger partial charge < -0.3 is 5.73 Å². The number of rotatable bonds is 4. The predicted octanol–water partition coefficient (Wildman–Crippen LogP) is 2.05. The Morgan fingerprint density at radius 3 is 2.89 bits per heavy atom. The molecule has 1 fully saturated rings. The summed E-state index contributed by atoms with van der Waals surface area (Å²) in [5.41, 5.74) is 7.89. The van der Waals surface area contributed by atoms with Gasteiger partial charge >= 0.3 is 0 Å². The molecule has 1 aromatic rings. The molecule has 2 heterocycles. The highest BCUT2D eigenvalue weighted by Gasteiger charge is 2.28. The van der Waals surface area contributed by atoms with Crippen LogP contribution in [0.15, 0.2) is 12.4 Å². The van der Waals surface area contributed by atoms with E-state index in [1.54, 1.807) is 12.4 Å². The summed E-state index contributed by atoms with van der Waals surface area (Å²) < 4.78 is 0. The van der Waals surface area contributed by atoms with E-state index in [1.165, 1.54) is 19.3 Å². The molecule has 0 radical (unpaired) electrons. The van der Waals surface area contributed by atoms with Gasteiger partial charge in [-0.25, -0.2) is 0 Å². The Hall–Kier alpha value is -1.00. The van der Waals surface area contributed by atoms with Gasteiger partial charge in [-0.2, -0.15) is 0 Å². The third-order valence-corrected chi connectivity index (χ3v) is 3.98. The van der Waals surface area contributed by atoms with Crippen molar-refractivity contribution in [3.05, 3.63) is 23.8 Å². The highest BCUT2D eigenvalue weighted by atomic mass is 15.2. The lowest BCUT2D eigenvalue weighted by atomic mass is 9.96. The number of nitrogens with zero attached hydrogens (tertiary/aromatic N) is 3. The minimum absolute atomic E-state index is 0.343. The van der Waals surface area contributed by atoms with Crippen molar-refractivity contribution in [1.82, 2.24) is 14.9 Å². The van der Waals surface area contributed by atoms with Crippen LogP contribution in [0.4, 0.5) is 0 Å². The summed E-state index contributed by atoms with van der Waals surface area (Å²) in [6.45, 7) is 6.21. The van der Waals surface area contributed by atoms with Crippen molar-refractivity contribution in [2.75, 3.05) is 13.1 Å². The topological polar surface area (TPSA) is 55.0 Å². The summed E-state index contributed by atoms with van der Waals surface area (Å²) >= 11 is 0. The van der Waals surface area contributed by atoms with Crippen LogP contribution in [0.5, 0.6) is 0 Å². The van der Waals surface area contributed by atoms with Crippen molar-refractivity contribution in [2.24, 2.45) is 5.73 Å². The van der Waals surface area contributed by atoms with E-state index in [-0.39, 0.29) is 0 Å². The number of nitrogens with two attached hydrogens (primary N) is 1. The number of aromatic nitrogens is 2. The van der Waals surface area contributed by atoms with Gasteiger partial charge in [0.05, 0.1) is 17.4 Å². The molecule has 1 aromatic heterocycles. The monoisotopic (exact) mass is 248 g/mol. The zero-order valence-electron chi connectivity index (χ0n) is 11.5. The second kappa shape index (κ2) is 6.25. The second-order valence-electron chi connectivity index (χ2n) is 5.17. The van der Waals surface area contributed by atoms with E-state index in [4.69, 9.17) is 5.73 Å². The highest BCUT2D eigenvalue weighted by molar-refractivity contribution is 5.13. The number of hydrogen-bond donors (Lipinski definition) is 1. The first-order chi connectivity index (χ1) is 8.74. The molecule has 1 aliphatic heterocycles. The van der Waals surface area contributed by atoms with Crippen LogP contribution < -0.4 is 5.73 Å². The predicted molar refractivity (Wildman–Crippen MR) is 73.2 cm³/mol. The average molecular weight is 248 g/mol. The Balaban J connectivity index is 2.15. The molecule has 0 bridgehead atoms. The van der Waals surface area contributed by atoms with Crippen LogP contribution in [0.25, 0.3) is 0 Å². The molecule has 2 rings (SSSR count). The lowest BCUT2D eigenvalue weighted by Gasteiger charge is -2.39. The molecule has 1 aliphatic rings. The number of likely N-dealkylation sites (tertiary alicyclic amines) is 1. The third kappa shape index (κ3) is 2.87. The largest absolute Gasteiger partial charge is 0.330 e. The normalized spacial score (nSPS) is 22.9. The summed E-state index contributed by atoms with van der Waals surface area (Å²) in [7, 11) is 0. The van der Waals surface area contributed by atoms with E-state index >= 15 is 0 Å². The van der Waals surface area contributed by atoms with Gasteiger partial charge in [0, 0.05) is 18.4 Å². The molecule has 4 heteroatoms. The quantitative estimate of drug-likeness (QED) is 0.886. The van der Waals surface area contributed by atoms with Gasteiger partial charge in [-0.1, -0.05) is 6.42 Å². The third-order valence-electron chi connectivity index (χ3n) is 3.98. The first kappa shape index (κ1) is 13.4. The van der Waals surface area contributed by atoms with E-state index in [1.807, 2.05) is 6.92 Å². The van der Waals surface area contributed by atoms with Crippen LogP contribution in [-0.2, 0) is 0 Å². The standard InChI is InChI=1S/C14H24N4/c1-11-14(17-9-8-16-11)12(2)18-10-4-3-5-13(18)6-7-15/h8-9,12-13H,3-7,10,15H2,1-2H3. The molecule has 2 atom stereocenters. The minimum Gasteiger partial charge on any atom is -0.330 e. The van der Waals surface area contributed by atoms with Gasteiger partial charge in [0.2, 0.25) is 0 Å². The molecule has 18 heavy (non-hydrogen) atoms. The minimum atomic E-state index is 0.343. The molecule has 0 spiro atoms. The fourth-order valence-electron chi connectivity index (χ4n) is 3.02. The Morgan fingerprint density at radius 1 is 1.39 bits per heavy atom. The second-order valence-corrected chi connectivity index (χ2v) is 5.17. The first-order valence-corrected chi connectivity index (χ1v) is 6.97. The van der Waals surface area contributed by atoms with E-state index in [2.05, 4.69) is 21.8 Å². The van der Waals surface area contributed by atoms with Gasteiger partial charge in [0.25, 0.3) is 0 Å². The summed E-state index contributed by atoms with van der Waals surface area (Å²) in [6, 6.07) is 0.954. The maximum absolute atomic E-state index is 5.74. The smallest absolute Gasteiger partial charge is 0.0784 e. The van der Waals surface area contributed by atoms with Crippen molar-refractivity contribution < 1.29 is 0 Å². The van der Waals surface area contributed by atoms with Gasteiger partial charge in [0.15, 0.2) is 0 Å². The SMILES string of the molecule is Cc1nccnc1C(C)N1CCCCC1CCN. The van der Waals surface area contributed by atoms with E-state index in [9.17, 15) is 0 Å². The molecule has 0 saturated carbocycles. The van der Waals surface area contributed by atoms with Crippen LogP contribution in [0.1, 0.15) is 50.0 Å². The zero-order valence-corrected chi connectivity index (χ0v) is 11.5. The first-order valence-electron chi connectivity index (χ1n) is 6.97. The Morgan fingerprint density at radius 2 is 2.17 bits per heavy atom. The van der Waals surface area contributed by atoms with Gasteiger partial charge in [-0.3, -0.25) is 14.9 Å². The van der Waals surface area contributed by atoms with Crippen molar-refractivity contribution in [1.29, 1.82) is 0 Å². The van der Waals surface area contributed by atoms with Gasteiger partial charge in [0.1, 0.15) is 0 Å². The molecule has 4 nitrogen and oxygen atoms in total. The van der Waals surface area contributed by atoms with Gasteiger partial charge in [-0.05, 0) is 46.2 Å². The number of aryl methyl sites for hydroxylation is 1. The average Bonchev–Trinajstić information content (AvgIpc) is 2.40. The lowest BCUT2D eigenvalue weighted by molar-refractivity contribution is 0.0958. The summed E-state index contributed by atoms with van der Waals surface area (Å²) in [4.78, 5) is 11.4. The lowest BCUT2D eigenvalue weighted by Crippen LogP contribution is -2.42. The molecule has 0 amide bonds. The summed E-state index contributed by atoms with van der Waals surface area (Å²) in [5.74, 6) is 0. The van der Waals surface area contributed by atoms with Crippen molar-refractivity contribution in [2.45, 2.75) is 51.6 Å². The van der Waals surface area contributed by atoms with Crippen molar-refractivity contribution >= 4 is 0 Å². The van der Waals surface area contributed by atoms with Gasteiger partial charge in [-0.15, -0.1) is 0 Å². The maximum atomic E-state index is 5.74. The number of piperidine rings is 1. The van der Waals surface area contributed by atoms with Crippen LogP contribution in [0.2, 0.25) is 0 Å². The number of hydrogen-bond acceptors (Lipinski definition) is 4. The Kier molecular flexibility index (Phi) is 4.66. The highest BCUT2D eigenvalue weighted by Crippen LogP contribution is 2.29. The van der Waals surface area contributed by atoms with Crippen molar-refractivity contribution in [3.8, 4) is 0 Å². The molecule has 2 unspecified atom stereocenters. The molecule has 100 valence electrons. The fraction of sp³-hybridized carbons (Fsp3) is 0.714. The van der Waals surface area contributed by atoms with Crippen LogP contribution in [0, 0.1) is 6.92 Å². The summed E-state index contributed by atoms with van der Waals surface area (Å²) in [6.07, 6.45) is 8.52. The van der Waals surface area contributed by atoms with Crippen molar-refractivity contribution in [3.63, 3.8) is 0 Å². The molecule has 0 aliphatic carbocycles. The van der Waals surface area contributed by atoms with E-state index in [0.717, 1.165) is 30.9 Å². The van der Waals surface area contributed by atoms with Crippen LogP contribution in [-0.4, -0.2) is 34.0 Å². The van der Waals surface area contributed by atoms with Crippen LogP contribution >= 0.6 is 0 Å². The Bertz CT molecular complexity index is 378. The molecular weight excluding hydrogens is 224 g/mol. The van der Waals surface area contributed by atoms with E-state index < -0.39 is 0 Å². The molecule has 0 aromatic carbocycles. The molecule has 1 saturated heterocycles. The fourth-order valence-corrected chi connectivity index (χ4v) is 3.02.